The number of hydrogen-bond donors (Lipinski definition) is 1. The van der Waals surface area contributed by atoms with Crippen LogP contribution in [0.15, 0.2) is 53.9 Å². The number of thioether (sulfide) groups is 1. The number of anilines is 1. The van der Waals surface area contributed by atoms with Gasteiger partial charge in [-0.15, -0.1) is 23.1 Å². The maximum atomic E-state index is 12.2. The van der Waals surface area contributed by atoms with Crippen molar-refractivity contribution in [3.8, 4) is 10.6 Å². The summed E-state index contributed by atoms with van der Waals surface area (Å²) in [5, 5.41) is 5.92. The summed E-state index contributed by atoms with van der Waals surface area (Å²) in [6.07, 6.45) is 0. The van der Waals surface area contributed by atoms with Crippen LogP contribution in [0.3, 0.4) is 0 Å². The molecule has 2 amide bonds. The van der Waals surface area contributed by atoms with Crippen LogP contribution in [0.4, 0.5) is 5.69 Å². The lowest BCUT2D eigenvalue weighted by atomic mass is 10.0. The molecule has 0 fully saturated rings. The molecule has 162 valence electrons. The molecule has 1 heterocycles. The molecule has 0 aliphatic heterocycles. The Morgan fingerprint density at radius 2 is 1.74 bits per heavy atom. The summed E-state index contributed by atoms with van der Waals surface area (Å²) in [5.41, 5.74) is 4.70. The summed E-state index contributed by atoms with van der Waals surface area (Å²) in [6, 6.07) is 15.5. The second kappa shape index (κ2) is 10.6. The molecule has 0 saturated heterocycles. The zero-order chi connectivity index (χ0) is 22.4. The number of nitrogens with zero attached hydrogens (tertiary/aromatic N) is 2. The number of rotatable bonds is 8. The van der Waals surface area contributed by atoms with E-state index in [1.807, 2.05) is 0 Å². The quantitative estimate of drug-likeness (QED) is 0.489. The Morgan fingerprint density at radius 3 is 2.35 bits per heavy atom. The molecule has 3 rings (SSSR count). The van der Waals surface area contributed by atoms with E-state index in [4.69, 9.17) is 4.98 Å². The average molecular weight is 454 g/mol. The van der Waals surface area contributed by atoms with Gasteiger partial charge in [0, 0.05) is 42.0 Å². The number of amides is 2. The molecule has 3 aromatic rings. The molecule has 0 bridgehead atoms. The molecule has 0 atom stereocenters. The summed E-state index contributed by atoms with van der Waals surface area (Å²) in [6.45, 7) is 4.37. The van der Waals surface area contributed by atoms with Gasteiger partial charge in [-0.1, -0.05) is 38.1 Å². The van der Waals surface area contributed by atoms with Gasteiger partial charge < -0.3 is 10.2 Å². The largest absolute Gasteiger partial charge is 0.345 e. The van der Waals surface area contributed by atoms with Gasteiger partial charge in [-0.2, -0.15) is 0 Å². The monoisotopic (exact) mass is 453 g/mol. The predicted octanol–water partition coefficient (Wildman–Crippen LogP) is 5.51. The minimum atomic E-state index is -0.0728. The fourth-order valence-corrected chi connectivity index (χ4v) is 4.56. The molecular weight excluding hydrogens is 426 g/mol. The van der Waals surface area contributed by atoms with Crippen LogP contribution in [0, 0.1) is 0 Å². The summed E-state index contributed by atoms with van der Waals surface area (Å²) in [5.74, 6) is 1.41. The van der Waals surface area contributed by atoms with E-state index >= 15 is 0 Å². The molecule has 7 heteroatoms. The first-order valence-electron chi connectivity index (χ1n) is 10.1. The highest BCUT2D eigenvalue weighted by atomic mass is 32.2. The molecule has 31 heavy (non-hydrogen) atoms. The first-order chi connectivity index (χ1) is 14.8. The Kier molecular flexibility index (Phi) is 7.87. The lowest BCUT2D eigenvalue weighted by molar-refractivity contribution is -0.113. The Hall–Kier alpha value is -2.64. The van der Waals surface area contributed by atoms with Crippen molar-refractivity contribution in [1.29, 1.82) is 0 Å². The van der Waals surface area contributed by atoms with E-state index in [9.17, 15) is 9.59 Å². The van der Waals surface area contributed by atoms with Crippen molar-refractivity contribution in [3.05, 3.63) is 70.7 Å². The topological polar surface area (TPSA) is 62.3 Å². The Morgan fingerprint density at radius 1 is 1.06 bits per heavy atom. The van der Waals surface area contributed by atoms with Crippen molar-refractivity contribution in [2.45, 2.75) is 25.5 Å². The third-order valence-electron chi connectivity index (χ3n) is 4.68. The molecule has 5 nitrogen and oxygen atoms in total. The number of carbonyl (C=O) groups is 2. The molecule has 0 aliphatic rings. The zero-order valence-corrected chi connectivity index (χ0v) is 19.8. The first-order valence-corrected chi connectivity index (χ1v) is 12.1. The van der Waals surface area contributed by atoms with Gasteiger partial charge in [0.05, 0.1) is 11.4 Å². The van der Waals surface area contributed by atoms with Crippen LogP contribution in [0.25, 0.3) is 10.6 Å². The predicted molar refractivity (Wildman–Crippen MR) is 131 cm³/mol. The third kappa shape index (κ3) is 6.42. The van der Waals surface area contributed by atoms with Crippen LogP contribution in [0.2, 0.25) is 0 Å². The fraction of sp³-hybridized carbons (Fsp3) is 0.292. The molecule has 0 spiro atoms. The number of aromatic nitrogens is 1. The number of thiazole rings is 1. The summed E-state index contributed by atoms with van der Waals surface area (Å²) >= 11 is 3.16. The maximum absolute atomic E-state index is 12.2. The van der Waals surface area contributed by atoms with E-state index in [0.717, 1.165) is 16.3 Å². The first kappa shape index (κ1) is 23.0. The summed E-state index contributed by atoms with van der Waals surface area (Å²) in [4.78, 5) is 30.4. The molecular formula is C24H27N3O2S2. The van der Waals surface area contributed by atoms with Crippen molar-refractivity contribution in [2.24, 2.45) is 0 Å². The lowest BCUT2D eigenvalue weighted by Crippen LogP contribution is -2.21. The highest BCUT2D eigenvalue weighted by Gasteiger charge is 2.10. The Labute approximate surface area is 191 Å². The van der Waals surface area contributed by atoms with Gasteiger partial charge in [0.25, 0.3) is 5.91 Å². The van der Waals surface area contributed by atoms with E-state index in [-0.39, 0.29) is 11.8 Å². The average Bonchev–Trinajstić information content (AvgIpc) is 3.22. The lowest BCUT2D eigenvalue weighted by Gasteiger charge is -2.11. The van der Waals surface area contributed by atoms with Gasteiger partial charge >= 0.3 is 0 Å². The SMILES string of the molecule is CC(C)c1ccc(-c2nc(CSCC(=O)Nc3ccc(C(=O)N(C)C)cc3)cs2)cc1. The maximum Gasteiger partial charge on any atom is 0.253 e. The van der Waals surface area contributed by atoms with Crippen LogP contribution in [0.1, 0.15) is 41.4 Å². The minimum absolute atomic E-state index is 0.0630. The van der Waals surface area contributed by atoms with E-state index in [2.05, 4.69) is 48.8 Å². The molecule has 0 aliphatic carbocycles. The zero-order valence-electron chi connectivity index (χ0n) is 18.2. The van der Waals surface area contributed by atoms with E-state index in [1.54, 1.807) is 49.7 Å². The van der Waals surface area contributed by atoms with E-state index in [0.29, 0.717) is 28.7 Å². The molecule has 0 saturated carbocycles. The Balaban J connectivity index is 1.47. The van der Waals surface area contributed by atoms with E-state index in [1.165, 1.54) is 22.2 Å². The molecule has 2 aromatic carbocycles. The Bertz CT molecular complexity index is 1030. The number of benzene rings is 2. The van der Waals surface area contributed by atoms with Crippen LogP contribution in [-0.2, 0) is 10.5 Å². The normalized spacial score (nSPS) is 10.9. The second-order valence-electron chi connectivity index (χ2n) is 7.74. The summed E-state index contributed by atoms with van der Waals surface area (Å²) in [7, 11) is 3.42. The van der Waals surface area contributed by atoms with Crippen LogP contribution in [0.5, 0.6) is 0 Å². The number of nitrogens with one attached hydrogen (secondary N) is 1. The van der Waals surface area contributed by atoms with E-state index < -0.39 is 0 Å². The molecule has 0 unspecified atom stereocenters. The van der Waals surface area contributed by atoms with Gasteiger partial charge in [-0.3, -0.25) is 9.59 Å². The van der Waals surface area contributed by atoms with Gasteiger partial charge in [0.15, 0.2) is 0 Å². The van der Waals surface area contributed by atoms with Crippen LogP contribution < -0.4 is 5.32 Å². The van der Waals surface area contributed by atoms with Gasteiger partial charge in [-0.25, -0.2) is 4.98 Å². The third-order valence-corrected chi connectivity index (χ3v) is 6.59. The molecule has 0 radical (unpaired) electrons. The van der Waals surface area contributed by atoms with Crippen molar-refractivity contribution >= 4 is 40.6 Å². The van der Waals surface area contributed by atoms with Crippen LogP contribution in [-0.4, -0.2) is 41.5 Å². The van der Waals surface area contributed by atoms with Gasteiger partial charge in [0.1, 0.15) is 5.01 Å². The van der Waals surface area contributed by atoms with Gasteiger partial charge in [-0.05, 0) is 35.7 Å². The highest BCUT2D eigenvalue weighted by molar-refractivity contribution is 7.99. The molecule has 1 aromatic heterocycles. The molecule has 1 N–H and O–H groups in total. The minimum Gasteiger partial charge on any atom is -0.345 e. The van der Waals surface area contributed by atoms with Crippen molar-refractivity contribution < 1.29 is 9.59 Å². The standard InChI is InChI=1S/C24H27N3O2S2/c1-16(2)17-5-7-18(8-6-17)23-26-21(14-31-23)13-30-15-22(28)25-20-11-9-19(10-12-20)24(29)27(3)4/h5-12,14,16H,13,15H2,1-4H3,(H,25,28). The smallest absolute Gasteiger partial charge is 0.253 e. The second-order valence-corrected chi connectivity index (χ2v) is 9.58. The summed E-state index contributed by atoms with van der Waals surface area (Å²) < 4.78 is 0. The number of hydrogen-bond acceptors (Lipinski definition) is 5. The van der Waals surface area contributed by atoms with Crippen molar-refractivity contribution in [1.82, 2.24) is 9.88 Å². The number of carbonyl (C=O) groups excluding carboxylic acids is 2. The van der Waals surface area contributed by atoms with Gasteiger partial charge in [0.2, 0.25) is 5.91 Å². The fourth-order valence-electron chi connectivity index (χ4n) is 2.92. The van der Waals surface area contributed by atoms with Crippen molar-refractivity contribution in [3.63, 3.8) is 0 Å². The van der Waals surface area contributed by atoms with Crippen molar-refractivity contribution in [2.75, 3.05) is 25.2 Å². The highest BCUT2D eigenvalue weighted by Crippen LogP contribution is 2.27. The van der Waals surface area contributed by atoms with Crippen LogP contribution >= 0.6 is 23.1 Å².